The molecule has 88 valence electrons. The highest BCUT2D eigenvalue weighted by atomic mass is 16.4. The molecule has 0 bridgehead atoms. The second kappa shape index (κ2) is 7.65. The van der Waals surface area contributed by atoms with E-state index in [0.717, 1.165) is 0 Å². The average molecular weight is 222 g/mol. The number of aliphatic carboxylic acids is 1. The molecule has 0 amide bonds. The van der Waals surface area contributed by atoms with E-state index < -0.39 is 5.97 Å². The van der Waals surface area contributed by atoms with Crippen LogP contribution in [0.4, 0.5) is 0 Å². The van der Waals surface area contributed by atoms with Gasteiger partial charge < -0.3 is 10.2 Å². The number of aliphatic hydroxyl groups is 1. The molecule has 1 atom stereocenters. The highest BCUT2D eigenvalue weighted by Gasteiger charge is 2.00. The van der Waals surface area contributed by atoms with Crippen LogP contribution in [0.25, 0.3) is 0 Å². The standard InChI is InChI=1S/C9H12O.C4H6O2/c1-8(7-10)9-5-3-2-4-6-9;1-3(2)4(5)6/h2-6,8,10H,7H2,1H3;1H2,2H3,(H,5,6). The molecule has 1 unspecified atom stereocenters. The van der Waals surface area contributed by atoms with Crippen molar-refractivity contribution in [3.05, 3.63) is 48.0 Å². The van der Waals surface area contributed by atoms with Crippen LogP contribution in [0.2, 0.25) is 0 Å². The van der Waals surface area contributed by atoms with Gasteiger partial charge in [-0.1, -0.05) is 43.8 Å². The number of carboxylic acid groups (broad SMARTS) is 1. The molecule has 0 heterocycles. The van der Waals surface area contributed by atoms with E-state index in [9.17, 15) is 4.79 Å². The lowest BCUT2D eigenvalue weighted by molar-refractivity contribution is -0.132. The van der Waals surface area contributed by atoms with Gasteiger partial charge in [0.25, 0.3) is 0 Å². The molecule has 3 heteroatoms. The van der Waals surface area contributed by atoms with Crippen LogP contribution in [0, 0.1) is 0 Å². The first-order valence-electron chi connectivity index (χ1n) is 5.03. The molecule has 0 fully saturated rings. The molecule has 0 aliphatic rings. The van der Waals surface area contributed by atoms with Gasteiger partial charge >= 0.3 is 5.97 Å². The molecule has 0 aromatic heterocycles. The summed E-state index contributed by atoms with van der Waals surface area (Å²) in [5.41, 5.74) is 1.38. The molecule has 1 aromatic rings. The Morgan fingerprint density at radius 3 is 2.12 bits per heavy atom. The number of rotatable bonds is 3. The summed E-state index contributed by atoms with van der Waals surface area (Å²) in [6, 6.07) is 10.0. The van der Waals surface area contributed by atoms with Crippen LogP contribution < -0.4 is 0 Å². The first-order chi connectivity index (χ1) is 7.49. The van der Waals surface area contributed by atoms with E-state index in [-0.39, 0.29) is 18.1 Å². The van der Waals surface area contributed by atoms with Gasteiger partial charge in [-0.2, -0.15) is 0 Å². The molecule has 1 rings (SSSR count). The van der Waals surface area contributed by atoms with Crippen molar-refractivity contribution in [1.29, 1.82) is 0 Å². The fourth-order valence-corrected chi connectivity index (χ4v) is 0.887. The maximum Gasteiger partial charge on any atom is 0.330 e. The van der Waals surface area contributed by atoms with Crippen molar-refractivity contribution in [2.24, 2.45) is 0 Å². The normalized spacial score (nSPS) is 10.9. The predicted octanol–water partition coefficient (Wildman–Crippen LogP) is 2.43. The third kappa shape index (κ3) is 5.98. The molecule has 0 radical (unpaired) electrons. The smallest absolute Gasteiger partial charge is 0.330 e. The molecule has 0 spiro atoms. The first-order valence-corrected chi connectivity index (χ1v) is 5.03. The zero-order valence-electron chi connectivity index (χ0n) is 9.68. The number of hydrogen-bond acceptors (Lipinski definition) is 2. The highest BCUT2D eigenvalue weighted by molar-refractivity contribution is 5.84. The molecule has 16 heavy (non-hydrogen) atoms. The third-order valence-corrected chi connectivity index (χ3v) is 2.01. The van der Waals surface area contributed by atoms with Crippen LogP contribution in [0.1, 0.15) is 25.3 Å². The van der Waals surface area contributed by atoms with E-state index in [1.165, 1.54) is 12.5 Å². The molecule has 2 N–H and O–H groups in total. The SMILES string of the molecule is C=C(C)C(=O)O.CC(CO)c1ccccc1. The Morgan fingerprint density at radius 2 is 1.81 bits per heavy atom. The van der Waals surface area contributed by atoms with Crippen molar-refractivity contribution < 1.29 is 15.0 Å². The van der Waals surface area contributed by atoms with E-state index in [0.29, 0.717) is 0 Å². The minimum atomic E-state index is -0.935. The molecule has 3 nitrogen and oxygen atoms in total. The van der Waals surface area contributed by atoms with Crippen LogP contribution in [0.3, 0.4) is 0 Å². The fraction of sp³-hybridized carbons (Fsp3) is 0.308. The highest BCUT2D eigenvalue weighted by Crippen LogP contribution is 2.12. The topological polar surface area (TPSA) is 57.5 Å². The molecule has 0 aliphatic heterocycles. The summed E-state index contributed by atoms with van der Waals surface area (Å²) in [6.45, 7) is 6.84. The van der Waals surface area contributed by atoms with Gasteiger partial charge in [-0.15, -0.1) is 0 Å². The van der Waals surface area contributed by atoms with Crippen LogP contribution in [0.15, 0.2) is 42.5 Å². The Hall–Kier alpha value is -1.61. The number of benzene rings is 1. The zero-order valence-corrected chi connectivity index (χ0v) is 9.68. The second-order valence-corrected chi connectivity index (χ2v) is 3.58. The van der Waals surface area contributed by atoms with Gasteiger partial charge in [-0.3, -0.25) is 0 Å². The van der Waals surface area contributed by atoms with Gasteiger partial charge in [0.05, 0.1) is 0 Å². The molecule has 0 aliphatic carbocycles. The van der Waals surface area contributed by atoms with E-state index in [2.05, 4.69) is 6.58 Å². The number of aliphatic hydroxyl groups excluding tert-OH is 1. The van der Waals surface area contributed by atoms with E-state index >= 15 is 0 Å². The maximum atomic E-state index is 9.60. The van der Waals surface area contributed by atoms with Gasteiger partial charge in [0.2, 0.25) is 0 Å². The van der Waals surface area contributed by atoms with Crippen LogP contribution in [-0.2, 0) is 4.79 Å². The third-order valence-electron chi connectivity index (χ3n) is 2.01. The number of hydrogen-bond donors (Lipinski definition) is 2. The lowest BCUT2D eigenvalue weighted by atomic mass is 10.0. The Morgan fingerprint density at radius 1 is 1.38 bits per heavy atom. The summed E-state index contributed by atoms with van der Waals surface area (Å²) in [6.07, 6.45) is 0. The minimum Gasteiger partial charge on any atom is -0.478 e. The van der Waals surface area contributed by atoms with E-state index in [1.807, 2.05) is 37.3 Å². The summed E-state index contributed by atoms with van der Waals surface area (Å²) in [5, 5.41) is 16.7. The molecule has 0 saturated heterocycles. The largest absolute Gasteiger partial charge is 0.478 e. The minimum absolute atomic E-state index is 0.176. The average Bonchev–Trinajstić information content (AvgIpc) is 2.30. The lowest BCUT2D eigenvalue weighted by Gasteiger charge is -2.05. The first kappa shape index (κ1) is 14.4. The zero-order chi connectivity index (χ0) is 12.6. The van der Waals surface area contributed by atoms with Crippen LogP contribution >= 0.6 is 0 Å². The number of carbonyl (C=O) groups is 1. The Bertz CT molecular complexity index is 318. The van der Waals surface area contributed by atoms with E-state index in [4.69, 9.17) is 10.2 Å². The van der Waals surface area contributed by atoms with Crippen molar-refractivity contribution in [2.45, 2.75) is 19.8 Å². The number of carboxylic acids is 1. The molecule has 1 aromatic carbocycles. The summed E-state index contributed by atoms with van der Waals surface area (Å²) in [7, 11) is 0. The monoisotopic (exact) mass is 222 g/mol. The predicted molar refractivity (Wildman–Crippen MR) is 64.4 cm³/mol. The maximum absolute atomic E-state index is 9.60. The van der Waals surface area contributed by atoms with Crippen LogP contribution in [0.5, 0.6) is 0 Å². The summed E-state index contributed by atoms with van der Waals surface area (Å²) in [4.78, 5) is 9.60. The van der Waals surface area contributed by atoms with Crippen molar-refractivity contribution in [1.82, 2.24) is 0 Å². The Labute approximate surface area is 96.1 Å². The Kier molecular flexibility index (Phi) is 6.88. The quantitative estimate of drug-likeness (QED) is 0.772. The fourth-order valence-electron chi connectivity index (χ4n) is 0.887. The Balaban J connectivity index is 0.000000325. The van der Waals surface area contributed by atoms with Crippen molar-refractivity contribution in [3.63, 3.8) is 0 Å². The summed E-state index contributed by atoms with van der Waals surface area (Å²) < 4.78 is 0. The van der Waals surface area contributed by atoms with Gasteiger partial charge in [-0.05, 0) is 12.5 Å². The summed E-state index contributed by atoms with van der Waals surface area (Å²) >= 11 is 0. The second-order valence-electron chi connectivity index (χ2n) is 3.58. The lowest BCUT2D eigenvalue weighted by Crippen LogP contribution is -1.97. The van der Waals surface area contributed by atoms with Crippen molar-refractivity contribution in [3.8, 4) is 0 Å². The van der Waals surface area contributed by atoms with Crippen LogP contribution in [-0.4, -0.2) is 22.8 Å². The van der Waals surface area contributed by atoms with Crippen molar-refractivity contribution in [2.75, 3.05) is 6.61 Å². The molecular weight excluding hydrogens is 204 g/mol. The van der Waals surface area contributed by atoms with Gasteiger partial charge in [0.1, 0.15) is 0 Å². The molecule has 0 saturated carbocycles. The molecular formula is C13H18O3. The van der Waals surface area contributed by atoms with E-state index in [1.54, 1.807) is 0 Å². The van der Waals surface area contributed by atoms with Crippen molar-refractivity contribution >= 4 is 5.97 Å². The van der Waals surface area contributed by atoms with Gasteiger partial charge in [-0.25, -0.2) is 4.79 Å². The van der Waals surface area contributed by atoms with Gasteiger partial charge in [0, 0.05) is 18.1 Å². The summed E-state index contributed by atoms with van der Waals surface area (Å²) in [5.74, 6) is -0.670. The van der Waals surface area contributed by atoms with Gasteiger partial charge in [0.15, 0.2) is 0 Å².